The van der Waals surface area contributed by atoms with Gasteiger partial charge in [-0.05, 0) is 12.5 Å². The van der Waals surface area contributed by atoms with Crippen LogP contribution in [0, 0.1) is 0 Å². The lowest BCUT2D eigenvalue weighted by molar-refractivity contribution is 0.768. The topological polar surface area (TPSA) is 46.0 Å². The van der Waals surface area contributed by atoms with Crippen LogP contribution in [0.4, 0.5) is 11.5 Å². The van der Waals surface area contributed by atoms with Gasteiger partial charge in [0.25, 0.3) is 0 Å². The summed E-state index contributed by atoms with van der Waals surface area (Å²) in [5, 5.41) is 8.35. The summed E-state index contributed by atoms with van der Waals surface area (Å²) in [6.45, 7) is 2.13. The van der Waals surface area contributed by atoms with E-state index in [0.717, 1.165) is 42.3 Å². The van der Waals surface area contributed by atoms with Crippen molar-refractivity contribution in [2.45, 2.75) is 12.5 Å². The van der Waals surface area contributed by atoms with Crippen molar-refractivity contribution >= 4 is 23.1 Å². The van der Waals surface area contributed by atoms with E-state index < -0.39 is 0 Å². The maximum atomic E-state index is 6.39. The lowest BCUT2D eigenvalue weighted by Crippen LogP contribution is -2.32. The fraction of sp³-hybridized carbons (Fsp3) is 0.385. The molecule has 4 heterocycles. The molecule has 0 aromatic carbocycles. The van der Waals surface area contributed by atoms with E-state index in [-0.39, 0.29) is 0 Å². The molecule has 0 spiro atoms. The maximum Gasteiger partial charge on any atom is 0.150 e. The van der Waals surface area contributed by atoms with Crippen LogP contribution in [-0.4, -0.2) is 33.9 Å². The summed E-state index contributed by atoms with van der Waals surface area (Å²) in [4.78, 5) is 7.05. The molecule has 0 aliphatic carbocycles. The van der Waals surface area contributed by atoms with Gasteiger partial charge in [-0.25, -0.2) is 4.98 Å². The second-order valence-electron chi connectivity index (χ2n) is 5.17. The summed E-state index contributed by atoms with van der Waals surface area (Å²) < 4.78 is 1.76. The highest BCUT2D eigenvalue weighted by atomic mass is 35.5. The Kier molecular flexibility index (Phi) is 2.26. The smallest absolute Gasteiger partial charge is 0.150 e. The summed E-state index contributed by atoms with van der Waals surface area (Å²) in [6.07, 6.45) is 4.88. The minimum absolute atomic E-state index is 0.517. The zero-order chi connectivity index (χ0) is 13.0. The molecule has 1 fully saturated rings. The number of halogens is 1. The molecule has 1 saturated heterocycles. The second kappa shape index (κ2) is 3.87. The molecule has 0 radical (unpaired) electrons. The molecule has 2 aromatic heterocycles. The molecular weight excluding hydrogens is 262 g/mol. The predicted molar refractivity (Wildman–Crippen MR) is 75.7 cm³/mol. The normalized spacial score (nSPS) is 20.3. The SMILES string of the molecule is Cn1cc(-c2nc3c(cc2Cl)N2CC[C@@H](C2)N3)cn1. The van der Waals surface area contributed by atoms with Crippen molar-refractivity contribution in [2.75, 3.05) is 23.3 Å². The molecule has 0 amide bonds. The Morgan fingerprint density at radius 1 is 1.47 bits per heavy atom. The van der Waals surface area contributed by atoms with Crippen molar-refractivity contribution in [3.63, 3.8) is 0 Å². The number of pyridine rings is 1. The monoisotopic (exact) mass is 275 g/mol. The van der Waals surface area contributed by atoms with Gasteiger partial charge in [-0.15, -0.1) is 0 Å². The van der Waals surface area contributed by atoms with Crippen LogP contribution < -0.4 is 10.2 Å². The molecule has 98 valence electrons. The van der Waals surface area contributed by atoms with Gasteiger partial charge in [0.1, 0.15) is 0 Å². The van der Waals surface area contributed by atoms with Crippen LogP contribution in [0.1, 0.15) is 6.42 Å². The number of fused-ring (bicyclic) bond motifs is 4. The number of anilines is 2. The van der Waals surface area contributed by atoms with Crippen molar-refractivity contribution in [1.29, 1.82) is 0 Å². The lowest BCUT2D eigenvalue weighted by Gasteiger charge is -2.28. The van der Waals surface area contributed by atoms with Gasteiger partial charge in [0.15, 0.2) is 5.82 Å². The van der Waals surface area contributed by atoms with Crippen molar-refractivity contribution < 1.29 is 0 Å². The highest BCUT2D eigenvalue weighted by Crippen LogP contribution is 2.39. The number of nitrogens with zero attached hydrogens (tertiary/aromatic N) is 4. The van der Waals surface area contributed by atoms with E-state index >= 15 is 0 Å². The van der Waals surface area contributed by atoms with Crippen LogP contribution in [0.15, 0.2) is 18.5 Å². The van der Waals surface area contributed by atoms with Gasteiger partial charge >= 0.3 is 0 Å². The van der Waals surface area contributed by atoms with Crippen molar-refractivity contribution in [1.82, 2.24) is 14.8 Å². The third kappa shape index (κ3) is 1.69. The van der Waals surface area contributed by atoms with Crippen molar-refractivity contribution in [3.05, 3.63) is 23.5 Å². The summed E-state index contributed by atoms with van der Waals surface area (Å²) in [5.74, 6) is 0.942. The van der Waals surface area contributed by atoms with Gasteiger partial charge in [0, 0.05) is 37.9 Å². The number of aromatic nitrogens is 3. The maximum absolute atomic E-state index is 6.39. The summed E-state index contributed by atoms with van der Waals surface area (Å²) in [5.41, 5.74) is 2.86. The fourth-order valence-corrected chi connectivity index (χ4v) is 3.12. The van der Waals surface area contributed by atoms with Gasteiger partial charge < -0.3 is 10.2 Å². The van der Waals surface area contributed by atoms with Gasteiger partial charge in [-0.2, -0.15) is 5.10 Å². The summed E-state index contributed by atoms with van der Waals surface area (Å²) in [7, 11) is 1.89. The Balaban J connectivity index is 1.84. The number of aryl methyl sites for hydroxylation is 1. The molecule has 1 atom stereocenters. The van der Waals surface area contributed by atoms with Gasteiger partial charge in [-0.1, -0.05) is 11.6 Å². The van der Waals surface area contributed by atoms with Crippen LogP contribution in [0.5, 0.6) is 0 Å². The van der Waals surface area contributed by atoms with E-state index in [0.29, 0.717) is 11.1 Å². The third-order valence-corrected chi connectivity index (χ3v) is 4.09. The minimum atomic E-state index is 0.517. The summed E-state index contributed by atoms with van der Waals surface area (Å²) in [6, 6.07) is 2.53. The molecule has 5 nitrogen and oxygen atoms in total. The number of nitrogens with one attached hydrogen (secondary N) is 1. The van der Waals surface area contributed by atoms with Crippen LogP contribution in [-0.2, 0) is 7.05 Å². The van der Waals surface area contributed by atoms with E-state index in [1.807, 2.05) is 19.3 Å². The fourth-order valence-electron chi connectivity index (χ4n) is 2.86. The van der Waals surface area contributed by atoms with Crippen LogP contribution in [0.2, 0.25) is 5.02 Å². The van der Waals surface area contributed by atoms with E-state index in [9.17, 15) is 0 Å². The van der Waals surface area contributed by atoms with Crippen molar-refractivity contribution in [3.8, 4) is 11.3 Å². The molecule has 6 heteroatoms. The Bertz CT molecular complexity index is 650. The first-order valence-corrected chi connectivity index (χ1v) is 6.79. The standard InChI is InChI=1S/C13H14ClN5/c1-18-6-8(5-15-18)12-10(14)4-11-13(17-12)16-9-2-3-19(11)7-9/h4-6,9H,2-3,7H2,1H3,(H,16,17)/t9-/m0/s1. The largest absolute Gasteiger partial charge is 0.366 e. The van der Waals surface area contributed by atoms with Gasteiger partial charge in [0.05, 0.1) is 22.6 Å². The first-order valence-electron chi connectivity index (χ1n) is 6.42. The molecule has 2 aliphatic rings. The quantitative estimate of drug-likeness (QED) is 0.866. The average molecular weight is 276 g/mol. The van der Waals surface area contributed by atoms with Crippen LogP contribution in [0.25, 0.3) is 11.3 Å². The highest BCUT2D eigenvalue weighted by Gasteiger charge is 2.31. The van der Waals surface area contributed by atoms with Crippen LogP contribution in [0.3, 0.4) is 0 Å². The molecular formula is C13H14ClN5. The minimum Gasteiger partial charge on any atom is -0.366 e. The Labute approximate surface area is 116 Å². The molecule has 4 rings (SSSR count). The Morgan fingerprint density at radius 3 is 3.16 bits per heavy atom. The van der Waals surface area contributed by atoms with Gasteiger partial charge in [-0.3, -0.25) is 4.68 Å². The lowest BCUT2D eigenvalue weighted by atomic mass is 10.2. The Hall–Kier alpha value is -1.75. The molecule has 1 N–H and O–H groups in total. The second-order valence-corrected chi connectivity index (χ2v) is 5.57. The number of rotatable bonds is 1. The van der Waals surface area contributed by atoms with E-state index in [2.05, 4.69) is 15.3 Å². The molecule has 0 saturated carbocycles. The molecule has 2 aliphatic heterocycles. The first kappa shape index (κ1) is 11.1. The molecule has 2 aromatic rings. The van der Waals surface area contributed by atoms with Gasteiger partial charge in [0.2, 0.25) is 0 Å². The zero-order valence-corrected chi connectivity index (χ0v) is 11.4. The highest BCUT2D eigenvalue weighted by molar-refractivity contribution is 6.33. The number of hydrogen-bond donors (Lipinski definition) is 1. The van der Waals surface area contributed by atoms with Crippen LogP contribution >= 0.6 is 11.6 Å². The predicted octanol–water partition coefficient (Wildman–Crippen LogP) is 2.14. The third-order valence-electron chi connectivity index (χ3n) is 3.80. The first-order chi connectivity index (χ1) is 9.20. The number of hydrogen-bond acceptors (Lipinski definition) is 4. The molecule has 19 heavy (non-hydrogen) atoms. The van der Waals surface area contributed by atoms with E-state index in [1.165, 1.54) is 0 Å². The zero-order valence-electron chi connectivity index (χ0n) is 10.6. The van der Waals surface area contributed by atoms with Crippen molar-refractivity contribution in [2.24, 2.45) is 7.05 Å². The average Bonchev–Trinajstić information content (AvgIpc) is 2.98. The Morgan fingerprint density at radius 2 is 2.37 bits per heavy atom. The van der Waals surface area contributed by atoms with E-state index in [1.54, 1.807) is 10.9 Å². The molecule has 0 unspecified atom stereocenters. The van der Waals surface area contributed by atoms with E-state index in [4.69, 9.17) is 16.6 Å². The molecule has 2 bridgehead atoms. The summed E-state index contributed by atoms with van der Waals surface area (Å²) >= 11 is 6.39.